The number of aryl methyl sites for hydroxylation is 1. The highest BCUT2D eigenvalue weighted by Crippen LogP contribution is 2.19. The number of morpholine rings is 1. The topological polar surface area (TPSA) is 57.7 Å². The molecule has 3 rings (SSSR count). The van der Waals surface area contributed by atoms with Crippen molar-refractivity contribution in [2.45, 2.75) is 13.8 Å². The highest BCUT2D eigenvalue weighted by atomic mass is 16.5. The van der Waals surface area contributed by atoms with E-state index in [1.54, 1.807) is 11.1 Å². The lowest BCUT2D eigenvalue weighted by Gasteiger charge is -2.26. The summed E-state index contributed by atoms with van der Waals surface area (Å²) in [5.41, 5.74) is 3.40. The second-order valence-electron chi connectivity index (χ2n) is 6.70. The summed E-state index contributed by atoms with van der Waals surface area (Å²) in [6.07, 6.45) is 1.69. The lowest BCUT2D eigenvalue weighted by Crippen LogP contribution is -2.39. The van der Waals surface area contributed by atoms with Crippen LogP contribution in [0.15, 0.2) is 42.6 Å². The minimum absolute atomic E-state index is 0.0834. The number of nitrogens with one attached hydrogen (secondary N) is 1. The molecule has 2 aromatic rings. The summed E-state index contributed by atoms with van der Waals surface area (Å²) in [4.78, 5) is 21.4. The van der Waals surface area contributed by atoms with Crippen LogP contribution in [0.4, 0.5) is 11.4 Å². The molecule has 6 nitrogen and oxygen atoms in total. The molecule has 144 valence electrons. The van der Waals surface area contributed by atoms with E-state index in [4.69, 9.17) is 4.74 Å². The maximum Gasteiger partial charge on any atom is 0.276 e. The van der Waals surface area contributed by atoms with E-state index in [1.165, 1.54) is 0 Å². The van der Waals surface area contributed by atoms with Crippen LogP contribution in [-0.4, -0.2) is 61.7 Å². The Balaban J connectivity index is 1.63. The van der Waals surface area contributed by atoms with Gasteiger partial charge in [0.05, 0.1) is 13.2 Å². The number of rotatable bonds is 7. The summed E-state index contributed by atoms with van der Waals surface area (Å²) in [6, 6.07) is 11.7. The van der Waals surface area contributed by atoms with Crippen LogP contribution in [0.1, 0.15) is 23.0 Å². The van der Waals surface area contributed by atoms with Crippen molar-refractivity contribution in [2.75, 3.05) is 56.2 Å². The molecule has 1 aliphatic rings. The van der Waals surface area contributed by atoms with Gasteiger partial charge in [-0.2, -0.15) is 0 Å². The Labute approximate surface area is 161 Å². The summed E-state index contributed by atoms with van der Waals surface area (Å²) < 4.78 is 5.37. The zero-order valence-corrected chi connectivity index (χ0v) is 16.1. The van der Waals surface area contributed by atoms with Gasteiger partial charge in [0.2, 0.25) is 0 Å². The Morgan fingerprint density at radius 3 is 2.81 bits per heavy atom. The fourth-order valence-electron chi connectivity index (χ4n) is 3.22. The van der Waals surface area contributed by atoms with Crippen LogP contribution in [0.2, 0.25) is 0 Å². The van der Waals surface area contributed by atoms with Gasteiger partial charge in [-0.3, -0.25) is 14.7 Å². The first-order chi connectivity index (χ1) is 13.2. The molecule has 1 aromatic carbocycles. The third-order valence-corrected chi connectivity index (χ3v) is 4.71. The van der Waals surface area contributed by atoms with Crippen LogP contribution in [0.5, 0.6) is 0 Å². The van der Waals surface area contributed by atoms with Gasteiger partial charge in [0.15, 0.2) is 0 Å². The van der Waals surface area contributed by atoms with Crippen molar-refractivity contribution in [1.29, 1.82) is 0 Å². The molecule has 0 bridgehead atoms. The molecule has 0 radical (unpaired) electrons. The lowest BCUT2D eigenvalue weighted by molar-refractivity contribution is 0.0398. The lowest BCUT2D eigenvalue weighted by atomic mass is 10.2. The highest BCUT2D eigenvalue weighted by Gasteiger charge is 2.18. The van der Waals surface area contributed by atoms with E-state index in [2.05, 4.69) is 15.2 Å². The van der Waals surface area contributed by atoms with Crippen LogP contribution < -0.4 is 10.2 Å². The zero-order valence-electron chi connectivity index (χ0n) is 16.1. The maximum absolute atomic E-state index is 13.0. The first-order valence-electron chi connectivity index (χ1n) is 9.56. The standard InChI is InChI=1S/C21H28N4O2/c1-3-25(19-6-4-5-17(2)15-19)21(26)20-16-18(7-8-23-20)22-9-10-24-11-13-27-14-12-24/h4-8,15-16H,3,9-14H2,1-2H3,(H,22,23). The Morgan fingerprint density at radius 1 is 1.26 bits per heavy atom. The second-order valence-corrected chi connectivity index (χ2v) is 6.70. The number of carbonyl (C=O) groups is 1. The summed E-state index contributed by atoms with van der Waals surface area (Å²) in [6.45, 7) is 9.95. The predicted molar refractivity (Wildman–Crippen MR) is 109 cm³/mol. The smallest absolute Gasteiger partial charge is 0.276 e. The number of pyridine rings is 1. The van der Waals surface area contributed by atoms with Crippen LogP contribution >= 0.6 is 0 Å². The first-order valence-corrected chi connectivity index (χ1v) is 9.56. The summed E-state index contributed by atoms with van der Waals surface area (Å²) in [7, 11) is 0. The Kier molecular flexibility index (Phi) is 6.79. The average Bonchev–Trinajstić information content (AvgIpc) is 2.70. The molecule has 0 aliphatic carbocycles. The maximum atomic E-state index is 13.0. The summed E-state index contributed by atoms with van der Waals surface area (Å²) in [5.74, 6) is -0.0834. The van der Waals surface area contributed by atoms with E-state index in [0.29, 0.717) is 12.2 Å². The molecule has 0 saturated carbocycles. The van der Waals surface area contributed by atoms with Gasteiger partial charge in [0.1, 0.15) is 5.69 Å². The van der Waals surface area contributed by atoms with E-state index < -0.39 is 0 Å². The predicted octanol–water partition coefficient (Wildman–Crippen LogP) is 2.80. The molecular weight excluding hydrogens is 340 g/mol. The number of carbonyl (C=O) groups excluding carboxylic acids is 1. The van der Waals surface area contributed by atoms with Gasteiger partial charge < -0.3 is 15.0 Å². The molecule has 0 spiro atoms. The number of amides is 1. The molecule has 1 N–H and O–H groups in total. The first kappa shape index (κ1) is 19.3. The fourth-order valence-corrected chi connectivity index (χ4v) is 3.22. The van der Waals surface area contributed by atoms with Crippen LogP contribution in [0, 0.1) is 6.92 Å². The number of aromatic nitrogens is 1. The van der Waals surface area contributed by atoms with E-state index in [-0.39, 0.29) is 5.91 Å². The van der Waals surface area contributed by atoms with Crippen LogP contribution in [0.3, 0.4) is 0 Å². The monoisotopic (exact) mass is 368 g/mol. The molecule has 27 heavy (non-hydrogen) atoms. The normalized spacial score (nSPS) is 14.7. The highest BCUT2D eigenvalue weighted by molar-refractivity contribution is 6.05. The van der Waals surface area contributed by atoms with Crippen molar-refractivity contribution in [3.63, 3.8) is 0 Å². The van der Waals surface area contributed by atoms with Gasteiger partial charge in [0, 0.05) is 50.3 Å². The third kappa shape index (κ3) is 5.28. The zero-order chi connectivity index (χ0) is 19.1. The quantitative estimate of drug-likeness (QED) is 0.814. The number of ether oxygens (including phenoxy) is 1. The molecule has 1 aromatic heterocycles. The Bertz CT molecular complexity index is 759. The largest absolute Gasteiger partial charge is 0.384 e. The number of anilines is 2. The number of benzene rings is 1. The minimum Gasteiger partial charge on any atom is -0.384 e. The molecule has 0 unspecified atom stereocenters. The van der Waals surface area contributed by atoms with Gasteiger partial charge in [-0.15, -0.1) is 0 Å². The summed E-state index contributed by atoms with van der Waals surface area (Å²) in [5, 5.41) is 3.40. The molecule has 6 heteroatoms. The van der Waals surface area contributed by atoms with Crippen LogP contribution in [-0.2, 0) is 4.74 Å². The number of hydrogen-bond donors (Lipinski definition) is 1. The molecule has 1 fully saturated rings. The third-order valence-electron chi connectivity index (χ3n) is 4.71. The van der Waals surface area contributed by atoms with Gasteiger partial charge in [-0.25, -0.2) is 0 Å². The number of hydrogen-bond acceptors (Lipinski definition) is 5. The van der Waals surface area contributed by atoms with Crippen molar-refractivity contribution < 1.29 is 9.53 Å². The fraction of sp³-hybridized carbons (Fsp3) is 0.429. The summed E-state index contributed by atoms with van der Waals surface area (Å²) >= 11 is 0. The molecule has 1 amide bonds. The van der Waals surface area contributed by atoms with E-state index >= 15 is 0 Å². The van der Waals surface area contributed by atoms with Crippen LogP contribution in [0.25, 0.3) is 0 Å². The molecule has 1 aliphatic heterocycles. The van der Waals surface area contributed by atoms with Crippen molar-refractivity contribution >= 4 is 17.3 Å². The van der Waals surface area contributed by atoms with Gasteiger partial charge >= 0.3 is 0 Å². The van der Waals surface area contributed by atoms with Crippen molar-refractivity contribution in [3.8, 4) is 0 Å². The molecule has 2 heterocycles. The van der Waals surface area contributed by atoms with E-state index in [1.807, 2.05) is 50.2 Å². The van der Waals surface area contributed by atoms with Crippen molar-refractivity contribution in [1.82, 2.24) is 9.88 Å². The van der Waals surface area contributed by atoms with Gasteiger partial charge in [-0.1, -0.05) is 12.1 Å². The van der Waals surface area contributed by atoms with E-state index in [9.17, 15) is 4.79 Å². The second kappa shape index (κ2) is 9.48. The molecule has 0 atom stereocenters. The average molecular weight is 368 g/mol. The van der Waals surface area contributed by atoms with Gasteiger partial charge in [-0.05, 0) is 43.7 Å². The van der Waals surface area contributed by atoms with E-state index in [0.717, 1.165) is 56.3 Å². The number of nitrogens with zero attached hydrogens (tertiary/aromatic N) is 3. The molecular formula is C21H28N4O2. The SMILES string of the molecule is CCN(C(=O)c1cc(NCCN2CCOCC2)ccn1)c1cccc(C)c1. The minimum atomic E-state index is -0.0834. The van der Waals surface area contributed by atoms with Gasteiger partial charge in [0.25, 0.3) is 5.91 Å². The Morgan fingerprint density at radius 2 is 2.07 bits per heavy atom. The Hall–Kier alpha value is -2.44. The van der Waals surface area contributed by atoms with Crippen molar-refractivity contribution in [3.05, 3.63) is 53.9 Å². The molecule has 1 saturated heterocycles. The van der Waals surface area contributed by atoms with Crippen molar-refractivity contribution in [2.24, 2.45) is 0 Å².